The molecular formula is C13H15NO3S. The number of hydrogen-bond acceptors (Lipinski definition) is 3. The van der Waals surface area contributed by atoms with Gasteiger partial charge in [-0.2, -0.15) is 0 Å². The Kier molecular flexibility index (Phi) is 4.28. The topological polar surface area (TPSA) is 70.2 Å². The quantitative estimate of drug-likeness (QED) is 0.777. The Morgan fingerprint density at radius 2 is 2.11 bits per heavy atom. The number of H-pyrrole nitrogens is 1. The van der Waals surface area contributed by atoms with Gasteiger partial charge in [-0.25, -0.2) is 0 Å². The molecule has 0 bridgehead atoms. The van der Waals surface area contributed by atoms with Crippen molar-refractivity contribution in [2.24, 2.45) is 0 Å². The number of carbonyl (C=O) groups excluding carboxylic acids is 1. The molecule has 18 heavy (non-hydrogen) atoms. The van der Waals surface area contributed by atoms with Gasteiger partial charge >= 0.3 is 0 Å². The van der Waals surface area contributed by atoms with Crippen LogP contribution in [0.2, 0.25) is 0 Å². The van der Waals surface area contributed by atoms with E-state index in [4.69, 9.17) is 5.11 Å². The average Bonchev–Trinajstić information content (AvgIpc) is 2.80. The van der Waals surface area contributed by atoms with Crippen molar-refractivity contribution in [2.75, 3.05) is 18.1 Å². The maximum atomic E-state index is 12.0. The van der Waals surface area contributed by atoms with E-state index in [1.54, 1.807) is 6.20 Å². The van der Waals surface area contributed by atoms with Crippen LogP contribution in [0.1, 0.15) is 16.8 Å². The van der Waals surface area contributed by atoms with Crippen molar-refractivity contribution in [1.29, 1.82) is 0 Å². The van der Waals surface area contributed by atoms with Crippen LogP contribution in [0.3, 0.4) is 0 Å². The Morgan fingerprint density at radius 3 is 2.89 bits per heavy atom. The van der Waals surface area contributed by atoms with Gasteiger partial charge < -0.3 is 10.1 Å². The van der Waals surface area contributed by atoms with Crippen molar-refractivity contribution in [3.63, 3.8) is 0 Å². The van der Waals surface area contributed by atoms with Gasteiger partial charge in [0.1, 0.15) is 0 Å². The number of Topliss-reactive ketones (excluding diaryl/α,β-unsaturated/α-hetero) is 1. The summed E-state index contributed by atoms with van der Waals surface area (Å²) in [6.45, 7) is 0.00696. The highest BCUT2D eigenvalue weighted by Gasteiger charge is 2.14. The van der Waals surface area contributed by atoms with E-state index in [0.29, 0.717) is 17.7 Å². The van der Waals surface area contributed by atoms with Crippen LogP contribution in [0.15, 0.2) is 30.5 Å². The zero-order valence-corrected chi connectivity index (χ0v) is 10.7. The minimum absolute atomic E-state index is 0.00696. The third kappa shape index (κ3) is 2.86. The predicted octanol–water partition coefficient (Wildman–Crippen LogP) is 1.48. The fourth-order valence-electron chi connectivity index (χ4n) is 1.82. The summed E-state index contributed by atoms with van der Waals surface area (Å²) < 4.78 is 11.6. The summed E-state index contributed by atoms with van der Waals surface area (Å²) in [5, 5.41) is 9.51. The first kappa shape index (κ1) is 13.0. The van der Waals surface area contributed by atoms with Crippen molar-refractivity contribution >= 4 is 27.5 Å². The fourth-order valence-corrected chi connectivity index (χ4v) is 2.87. The van der Waals surface area contributed by atoms with E-state index < -0.39 is 10.8 Å². The summed E-state index contributed by atoms with van der Waals surface area (Å²) in [5.41, 5.74) is 1.49. The summed E-state index contributed by atoms with van der Waals surface area (Å²) in [5.74, 6) is 0.260. The molecular weight excluding hydrogens is 250 g/mol. The molecule has 0 radical (unpaired) electrons. The van der Waals surface area contributed by atoms with Crippen molar-refractivity contribution in [3.8, 4) is 0 Å². The molecule has 0 aliphatic heterocycles. The Labute approximate surface area is 107 Å². The van der Waals surface area contributed by atoms with E-state index in [1.807, 2.05) is 24.3 Å². The first-order chi connectivity index (χ1) is 8.72. The maximum Gasteiger partial charge on any atom is 0.177 e. The van der Waals surface area contributed by atoms with Crippen LogP contribution in [0.25, 0.3) is 10.9 Å². The third-order valence-electron chi connectivity index (χ3n) is 2.71. The standard InChI is InChI=1S/C13H15NO3S/c15-6-3-7-18(17)9-13(16)11-8-14-12-5-2-1-4-10(11)12/h1-2,4-5,8,14-15H,3,6-7,9H2. The molecule has 0 aliphatic carbocycles. The smallest absolute Gasteiger partial charge is 0.177 e. The van der Waals surface area contributed by atoms with Crippen LogP contribution in [-0.4, -0.2) is 38.2 Å². The second-order valence-electron chi connectivity index (χ2n) is 4.04. The highest BCUT2D eigenvalue weighted by Crippen LogP contribution is 2.18. The van der Waals surface area contributed by atoms with Gasteiger partial charge in [0.15, 0.2) is 5.78 Å². The van der Waals surface area contributed by atoms with E-state index in [-0.39, 0.29) is 18.1 Å². The molecule has 4 nitrogen and oxygen atoms in total. The van der Waals surface area contributed by atoms with Gasteiger partial charge in [0.25, 0.3) is 0 Å². The molecule has 5 heteroatoms. The number of para-hydroxylation sites is 1. The molecule has 0 fully saturated rings. The average molecular weight is 265 g/mol. The Hall–Kier alpha value is -1.46. The molecule has 2 rings (SSSR count). The third-order valence-corrected chi connectivity index (χ3v) is 4.04. The van der Waals surface area contributed by atoms with Gasteiger partial charge in [-0.1, -0.05) is 18.2 Å². The van der Waals surface area contributed by atoms with Crippen LogP contribution >= 0.6 is 0 Å². The number of benzene rings is 1. The van der Waals surface area contributed by atoms with Crippen LogP contribution in [-0.2, 0) is 10.8 Å². The van der Waals surface area contributed by atoms with E-state index in [9.17, 15) is 9.00 Å². The zero-order chi connectivity index (χ0) is 13.0. The van der Waals surface area contributed by atoms with Crippen LogP contribution in [0, 0.1) is 0 Å². The van der Waals surface area contributed by atoms with Crippen molar-refractivity contribution < 1.29 is 14.1 Å². The number of rotatable bonds is 6. The van der Waals surface area contributed by atoms with Crippen molar-refractivity contribution in [2.45, 2.75) is 6.42 Å². The lowest BCUT2D eigenvalue weighted by atomic mass is 10.1. The number of aliphatic hydroxyl groups is 1. The lowest BCUT2D eigenvalue weighted by Crippen LogP contribution is -2.13. The second-order valence-corrected chi connectivity index (χ2v) is 5.61. The highest BCUT2D eigenvalue weighted by molar-refractivity contribution is 7.85. The van der Waals surface area contributed by atoms with Gasteiger partial charge in [-0.3, -0.25) is 9.00 Å². The normalized spacial score (nSPS) is 12.7. The monoisotopic (exact) mass is 265 g/mol. The summed E-state index contributed by atoms with van der Waals surface area (Å²) in [6.07, 6.45) is 2.13. The van der Waals surface area contributed by atoms with Gasteiger partial charge in [-0.05, 0) is 12.5 Å². The maximum absolute atomic E-state index is 12.0. The molecule has 1 unspecified atom stereocenters. The Bertz CT molecular complexity index is 576. The number of aromatic amines is 1. The van der Waals surface area contributed by atoms with Crippen LogP contribution in [0.5, 0.6) is 0 Å². The molecule has 0 saturated carbocycles. The molecule has 1 atom stereocenters. The predicted molar refractivity (Wildman–Crippen MR) is 72.2 cm³/mol. The van der Waals surface area contributed by atoms with Gasteiger partial charge in [-0.15, -0.1) is 0 Å². The summed E-state index contributed by atoms with van der Waals surface area (Å²) in [6, 6.07) is 7.53. The van der Waals surface area contributed by atoms with Crippen LogP contribution < -0.4 is 0 Å². The molecule has 1 aromatic carbocycles. The molecule has 96 valence electrons. The lowest BCUT2D eigenvalue weighted by Gasteiger charge is -2.00. The minimum atomic E-state index is -1.20. The number of hydrogen-bond donors (Lipinski definition) is 2. The molecule has 0 aliphatic rings. The Morgan fingerprint density at radius 1 is 1.33 bits per heavy atom. The molecule has 0 amide bonds. The van der Waals surface area contributed by atoms with Gasteiger partial charge in [0, 0.05) is 45.8 Å². The number of aromatic nitrogens is 1. The summed E-state index contributed by atoms with van der Waals surface area (Å²) in [4.78, 5) is 15.0. The number of carbonyl (C=O) groups is 1. The first-order valence-corrected chi connectivity index (χ1v) is 7.26. The number of nitrogens with one attached hydrogen (secondary N) is 1. The molecule has 1 aromatic heterocycles. The first-order valence-electron chi connectivity index (χ1n) is 5.77. The van der Waals surface area contributed by atoms with Crippen molar-refractivity contribution in [1.82, 2.24) is 4.98 Å². The minimum Gasteiger partial charge on any atom is -0.396 e. The molecule has 2 aromatic rings. The Balaban J connectivity index is 2.12. The largest absolute Gasteiger partial charge is 0.396 e. The molecule has 1 heterocycles. The van der Waals surface area contributed by atoms with Gasteiger partial charge in [0.2, 0.25) is 0 Å². The highest BCUT2D eigenvalue weighted by atomic mass is 32.2. The summed E-state index contributed by atoms with van der Waals surface area (Å²) in [7, 11) is -1.20. The van der Waals surface area contributed by atoms with E-state index in [0.717, 1.165) is 10.9 Å². The van der Waals surface area contributed by atoms with E-state index in [1.165, 1.54) is 0 Å². The van der Waals surface area contributed by atoms with Crippen LogP contribution in [0.4, 0.5) is 0 Å². The number of ketones is 1. The zero-order valence-electron chi connectivity index (χ0n) is 9.89. The number of aliphatic hydroxyl groups excluding tert-OH is 1. The fraction of sp³-hybridized carbons (Fsp3) is 0.308. The van der Waals surface area contributed by atoms with Crippen molar-refractivity contribution in [3.05, 3.63) is 36.0 Å². The SMILES string of the molecule is O=C(CS(=O)CCCO)c1c[nH]c2ccccc12. The van der Waals surface area contributed by atoms with E-state index >= 15 is 0 Å². The second kappa shape index (κ2) is 5.93. The summed E-state index contributed by atoms with van der Waals surface area (Å²) >= 11 is 0. The van der Waals surface area contributed by atoms with Gasteiger partial charge in [0.05, 0.1) is 5.75 Å². The van der Waals surface area contributed by atoms with E-state index in [2.05, 4.69) is 4.98 Å². The lowest BCUT2D eigenvalue weighted by molar-refractivity contribution is 0.102. The molecule has 0 spiro atoms. The molecule has 2 N–H and O–H groups in total. The number of fused-ring (bicyclic) bond motifs is 1. The molecule has 0 saturated heterocycles.